The summed E-state index contributed by atoms with van der Waals surface area (Å²) in [4.78, 5) is 13.6. The van der Waals surface area contributed by atoms with Crippen molar-refractivity contribution in [2.75, 3.05) is 40.5 Å². The first-order valence-electron chi connectivity index (χ1n) is 8.30. The highest BCUT2D eigenvalue weighted by molar-refractivity contribution is 7.86. The summed E-state index contributed by atoms with van der Waals surface area (Å²) in [5, 5.41) is 0. The maximum Gasteiger partial charge on any atom is 0.409 e. The molecule has 1 aromatic carbocycles. The number of aryl methyl sites for hydroxylation is 1. The number of benzene rings is 1. The van der Waals surface area contributed by atoms with Crippen LogP contribution in [0.25, 0.3) is 0 Å². The fourth-order valence-electron chi connectivity index (χ4n) is 2.58. The van der Waals surface area contributed by atoms with E-state index in [0.29, 0.717) is 13.0 Å². The zero-order chi connectivity index (χ0) is 19.2. The third-order valence-corrected chi connectivity index (χ3v) is 5.59. The summed E-state index contributed by atoms with van der Waals surface area (Å²) in [7, 11) is -0.736. The van der Waals surface area contributed by atoms with Gasteiger partial charge in [0.25, 0.3) is 10.1 Å². The van der Waals surface area contributed by atoms with Crippen molar-refractivity contribution in [3.63, 3.8) is 0 Å². The largest absolute Gasteiger partial charge is 0.449 e. The van der Waals surface area contributed by atoms with Crippen LogP contribution in [0.4, 0.5) is 4.79 Å². The number of carbonyl (C=O) groups excluding carboxylic acids is 1. The summed E-state index contributed by atoms with van der Waals surface area (Å²) in [6.07, 6.45) is 0.347. The van der Waals surface area contributed by atoms with Gasteiger partial charge < -0.3 is 19.1 Å². The third-order valence-electron chi connectivity index (χ3n) is 4.26. The molecular formula is C17H25NO7S. The molecule has 0 N–H and O–H groups in total. The monoisotopic (exact) mass is 387 g/mol. The highest BCUT2D eigenvalue weighted by Gasteiger charge is 2.41. The second kappa shape index (κ2) is 8.81. The molecule has 0 atom stereocenters. The molecule has 0 aromatic heterocycles. The standard InChI is InChI=1S/C17H25NO7S/c1-14-5-7-15(8-6-14)26(20,21)25-12-4-11-24-16(19)18-10-9-17(13-18,22-2)23-3/h5-8H,4,9-13H2,1-3H3. The van der Waals surface area contributed by atoms with E-state index in [0.717, 1.165) is 5.56 Å². The molecule has 8 nitrogen and oxygen atoms in total. The minimum atomic E-state index is -3.80. The molecule has 0 saturated carbocycles. The Labute approximate surface area is 154 Å². The van der Waals surface area contributed by atoms with Crippen molar-refractivity contribution in [2.24, 2.45) is 0 Å². The smallest absolute Gasteiger partial charge is 0.409 e. The molecule has 9 heteroatoms. The SMILES string of the molecule is COC1(OC)CCN(C(=O)OCCCOS(=O)(=O)c2ccc(C)cc2)C1. The van der Waals surface area contributed by atoms with Gasteiger partial charge in [-0.15, -0.1) is 0 Å². The number of hydrogen-bond acceptors (Lipinski definition) is 7. The molecule has 26 heavy (non-hydrogen) atoms. The molecule has 1 saturated heterocycles. The zero-order valence-electron chi connectivity index (χ0n) is 15.3. The van der Waals surface area contributed by atoms with E-state index in [1.807, 2.05) is 6.92 Å². The maximum absolute atomic E-state index is 12.0. The molecule has 0 bridgehead atoms. The Kier molecular flexibility index (Phi) is 6.99. The van der Waals surface area contributed by atoms with Crippen molar-refractivity contribution in [1.82, 2.24) is 4.90 Å². The van der Waals surface area contributed by atoms with Crippen LogP contribution in [0.15, 0.2) is 29.2 Å². The van der Waals surface area contributed by atoms with Gasteiger partial charge in [0, 0.05) is 33.6 Å². The molecule has 1 amide bonds. The minimum Gasteiger partial charge on any atom is -0.449 e. The van der Waals surface area contributed by atoms with Crippen molar-refractivity contribution in [3.8, 4) is 0 Å². The summed E-state index contributed by atoms with van der Waals surface area (Å²) < 4.78 is 44.7. The van der Waals surface area contributed by atoms with Gasteiger partial charge in [-0.05, 0) is 19.1 Å². The van der Waals surface area contributed by atoms with E-state index in [-0.39, 0.29) is 31.1 Å². The van der Waals surface area contributed by atoms with Gasteiger partial charge >= 0.3 is 6.09 Å². The Bertz CT molecular complexity index is 698. The van der Waals surface area contributed by atoms with E-state index < -0.39 is 22.0 Å². The molecule has 1 heterocycles. The number of carbonyl (C=O) groups is 1. The molecule has 0 aliphatic carbocycles. The number of hydrogen-bond donors (Lipinski definition) is 0. The third kappa shape index (κ3) is 5.16. The lowest BCUT2D eigenvalue weighted by Crippen LogP contribution is -2.39. The molecular weight excluding hydrogens is 362 g/mol. The first kappa shape index (κ1) is 20.6. The number of ether oxygens (including phenoxy) is 3. The first-order valence-corrected chi connectivity index (χ1v) is 9.71. The number of rotatable bonds is 8. The summed E-state index contributed by atoms with van der Waals surface area (Å²) in [5.74, 6) is -0.787. The number of amides is 1. The summed E-state index contributed by atoms with van der Waals surface area (Å²) >= 11 is 0. The molecule has 2 rings (SSSR count). The van der Waals surface area contributed by atoms with Crippen molar-refractivity contribution in [3.05, 3.63) is 29.8 Å². The van der Waals surface area contributed by atoms with E-state index in [1.165, 1.54) is 31.3 Å². The highest BCUT2D eigenvalue weighted by atomic mass is 32.2. The number of methoxy groups -OCH3 is 2. The van der Waals surface area contributed by atoms with Crippen LogP contribution >= 0.6 is 0 Å². The lowest BCUT2D eigenvalue weighted by molar-refractivity contribution is -0.194. The summed E-state index contributed by atoms with van der Waals surface area (Å²) in [6, 6.07) is 6.40. The molecule has 0 unspecified atom stereocenters. The van der Waals surface area contributed by atoms with Crippen LogP contribution in [0.2, 0.25) is 0 Å². The van der Waals surface area contributed by atoms with Crippen LogP contribution in [0.5, 0.6) is 0 Å². The quantitative estimate of drug-likeness (QED) is 0.382. The minimum absolute atomic E-state index is 0.0612. The van der Waals surface area contributed by atoms with Crippen LogP contribution in [-0.2, 0) is 28.5 Å². The fourth-order valence-corrected chi connectivity index (χ4v) is 3.52. The van der Waals surface area contributed by atoms with Crippen molar-refractivity contribution >= 4 is 16.2 Å². The normalized spacial score (nSPS) is 16.7. The van der Waals surface area contributed by atoms with Crippen LogP contribution < -0.4 is 0 Å². The lowest BCUT2D eigenvalue weighted by atomic mass is 10.2. The maximum atomic E-state index is 12.0. The highest BCUT2D eigenvalue weighted by Crippen LogP contribution is 2.25. The van der Waals surface area contributed by atoms with E-state index in [4.69, 9.17) is 18.4 Å². The predicted octanol–water partition coefficient (Wildman–Crippen LogP) is 1.92. The molecule has 1 aliphatic rings. The van der Waals surface area contributed by atoms with E-state index >= 15 is 0 Å². The number of nitrogens with zero attached hydrogens (tertiary/aromatic N) is 1. The van der Waals surface area contributed by atoms with Gasteiger partial charge in [-0.25, -0.2) is 4.79 Å². The molecule has 1 fully saturated rings. The number of likely N-dealkylation sites (tertiary alicyclic amines) is 1. The Hall–Kier alpha value is -1.68. The first-order chi connectivity index (χ1) is 12.3. The zero-order valence-corrected chi connectivity index (χ0v) is 16.1. The Morgan fingerprint density at radius 2 is 1.81 bits per heavy atom. The van der Waals surface area contributed by atoms with Gasteiger partial charge in [-0.2, -0.15) is 8.42 Å². The Morgan fingerprint density at radius 3 is 2.38 bits per heavy atom. The van der Waals surface area contributed by atoms with Crippen LogP contribution in [-0.4, -0.2) is 65.7 Å². The van der Waals surface area contributed by atoms with Crippen LogP contribution in [0, 0.1) is 6.92 Å². The van der Waals surface area contributed by atoms with Gasteiger partial charge in [-0.3, -0.25) is 4.18 Å². The predicted molar refractivity (Wildman–Crippen MR) is 93.2 cm³/mol. The van der Waals surface area contributed by atoms with Gasteiger partial charge in [-0.1, -0.05) is 17.7 Å². The summed E-state index contributed by atoms with van der Waals surface area (Å²) in [5.41, 5.74) is 0.962. The van der Waals surface area contributed by atoms with Crippen LogP contribution in [0.3, 0.4) is 0 Å². The molecule has 1 aromatic rings. The van der Waals surface area contributed by atoms with Gasteiger partial charge in [0.05, 0.1) is 24.7 Å². The Balaban J connectivity index is 1.70. The molecule has 0 radical (unpaired) electrons. The van der Waals surface area contributed by atoms with Gasteiger partial charge in [0.15, 0.2) is 5.79 Å². The average Bonchev–Trinajstić information content (AvgIpc) is 3.07. The second-order valence-electron chi connectivity index (χ2n) is 6.05. The van der Waals surface area contributed by atoms with Crippen LogP contribution in [0.1, 0.15) is 18.4 Å². The van der Waals surface area contributed by atoms with Crippen molar-refractivity contribution < 1.29 is 31.6 Å². The van der Waals surface area contributed by atoms with E-state index in [1.54, 1.807) is 12.1 Å². The summed E-state index contributed by atoms with van der Waals surface area (Å²) in [6.45, 7) is 2.63. The second-order valence-corrected chi connectivity index (χ2v) is 7.66. The van der Waals surface area contributed by atoms with Crippen molar-refractivity contribution in [2.45, 2.75) is 30.4 Å². The molecule has 146 valence electrons. The lowest BCUT2D eigenvalue weighted by Gasteiger charge is -2.25. The van der Waals surface area contributed by atoms with Gasteiger partial charge in [0.1, 0.15) is 0 Å². The molecule has 0 spiro atoms. The average molecular weight is 387 g/mol. The Morgan fingerprint density at radius 1 is 1.15 bits per heavy atom. The van der Waals surface area contributed by atoms with E-state index in [9.17, 15) is 13.2 Å². The van der Waals surface area contributed by atoms with E-state index in [2.05, 4.69) is 0 Å². The topological polar surface area (TPSA) is 91.4 Å². The van der Waals surface area contributed by atoms with Gasteiger partial charge in [0.2, 0.25) is 0 Å². The fraction of sp³-hybridized carbons (Fsp3) is 0.588. The molecule has 1 aliphatic heterocycles. The van der Waals surface area contributed by atoms with Crippen molar-refractivity contribution in [1.29, 1.82) is 0 Å².